The van der Waals surface area contributed by atoms with Crippen LogP contribution in [0.25, 0.3) is 0 Å². The van der Waals surface area contributed by atoms with Crippen molar-refractivity contribution >= 4 is 29.5 Å². The predicted octanol–water partition coefficient (Wildman–Crippen LogP) is 1.75. The Bertz CT molecular complexity index is 899. The molecule has 2 aliphatic rings. The molecule has 32 heavy (non-hydrogen) atoms. The van der Waals surface area contributed by atoms with Crippen molar-refractivity contribution in [2.24, 2.45) is 16.8 Å². The molecular formula is C20H28N6O6. The number of hydrogen-bond donors (Lipinski definition) is 1. The van der Waals surface area contributed by atoms with Crippen LogP contribution in [0, 0.1) is 22.0 Å². The van der Waals surface area contributed by atoms with Gasteiger partial charge in [-0.05, 0) is 26.7 Å². The highest BCUT2D eigenvalue weighted by Gasteiger charge is 2.31. The van der Waals surface area contributed by atoms with Crippen molar-refractivity contribution in [3.05, 3.63) is 21.9 Å². The van der Waals surface area contributed by atoms with Gasteiger partial charge >= 0.3 is 17.7 Å². The molecule has 2 aliphatic heterocycles. The minimum absolute atomic E-state index is 0.0797. The van der Waals surface area contributed by atoms with Crippen LogP contribution >= 0.6 is 0 Å². The minimum atomic E-state index is -0.656. The lowest BCUT2D eigenvalue weighted by atomic mass is 10.0. The van der Waals surface area contributed by atoms with Gasteiger partial charge in [-0.1, -0.05) is 6.08 Å². The van der Waals surface area contributed by atoms with E-state index in [0.29, 0.717) is 26.2 Å². The number of aliphatic imine (C=N–C) groups is 1. The molecular weight excluding hydrogens is 420 g/mol. The summed E-state index contributed by atoms with van der Waals surface area (Å²) in [6, 6.07) is -0.0862. The Morgan fingerprint density at radius 2 is 2.25 bits per heavy atom. The van der Waals surface area contributed by atoms with E-state index in [0.717, 1.165) is 12.1 Å². The van der Waals surface area contributed by atoms with Crippen LogP contribution in [0.3, 0.4) is 0 Å². The number of anilines is 2. The molecule has 3 heterocycles. The van der Waals surface area contributed by atoms with E-state index >= 15 is 0 Å². The fourth-order valence-electron chi connectivity index (χ4n) is 3.46. The first-order chi connectivity index (χ1) is 15.4. The van der Waals surface area contributed by atoms with E-state index in [1.165, 1.54) is 4.90 Å². The van der Waals surface area contributed by atoms with E-state index in [1.807, 2.05) is 13.0 Å². The number of allylic oxidation sites excluding steroid dienone is 2. The van der Waals surface area contributed by atoms with Crippen LogP contribution in [0.2, 0.25) is 0 Å². The van der Waals surface area contributed by atoms with Gasteiger partial charge in [0.25, 0.3) is 0 Å². The summed E-state index contributed by atoms with van der Waals surface area (Å²) in [7, 11) is 0. The average Bonchev–Trinajstić information content (AvgIpc) is 3.26. The number of nitrogens with zero attached hydrogens (tertiary/aromatic N) is 5. The summed E-state index contributed by atoms with van der Waals surface area (Å²) in [6.07, 6.45) is 5.25. The van der Waals surface area contributed by atoms with Crippen molar-refractivity contribution in [2.75, 3.05) is 50.2 Å². The smallest absolute Gasteiger partial charge is 0.353 e. The number of carbonyl (C=O) groups excluding carboxylic acids is 1. The summed E-state index contributed by atoms with van der Waals surface area (Å²) in [5.74, 6) is -0.858. The van der Waals surface area contributed by atoms with Gasteiger partial charge in [0.2, 0.25) is 11.6 Å². The Kier molecular flexibility index (Phi) is 7.92. The highest BCUT2D eigenvalue weighted by atomic mass is 16.6. The number of nitrogens with two attached hydrogens (primary N) is 1. The van der Waals surface area contributed by atoms with Crippen molar-refractivity contribution in [3.63, 3.8) is 0 Å². The molecule has 0 radical (unpaired) electrons. The Balaban J connectivity index is 1.90. The van der Waals surface area contributed by atoms with Gasteiger partial charge < -0.3 is 24.8 Å². The van der Waals surface area contributed by atoms with Crippen LogP contribution in [-0.4, -0.2) is 66.6 Å². The van der Waals surface area contributed by atoms with Gasteiger partial charge in [-0.2, -0.15) is 9.97 Å². The lowest BCUT2D eigenvalue weighted by Crippen LogP contribution is -2.37. The number of nitro groups is 1. The summed E-state index contributed by atoms with van der Waals surface area (Å²) >= 11 is 0. The number of ether oxygens (including phenoxy) is 3. The maximum atomic E-state index is 12.3. The number of esters is 1. The first-order valence-corrected chi connectivity index (χ1v) is 10.5. The first kappa shape index (κ1) is 23.4. The molecule has 1 fully saturated rings. The zero-order chi connectivity index (χ0) is 23.1. The molecule has 0 amide bonds. The Labute approximate surface area is 185 Å². The molecule has 2 N–H and O–H groups in total. The molecule has 0 saturated carbocycles. The maximum absolute atomic E-state index is 12.3. The molecule has 0 aromatic carbocycles. The van der Waals surface area contributed by atoms with Crippen molar-refractivity contribution in [1.29, 1.82) is 0 Å². The van der Waals surface area contributed by atoms with Gasteiger partial charge in [-0.15, -0.1) is 0 Å². The molecule has 2 atom stereocenters. The van der Waals surface area contributed by atoms with Gasteiger partial charge in [0, 0.05) is 36.9 Å². The lowest BCUT2D eigenvalue weighted by Gasteiger charge is -2.26. The van der Waals surface area contributed by atoms with Crippen LogP contribution in [0.4, 0.5) is 17.3 Å². The fraction of sp³-hybridized carbons (Fsp3) is 0.600. The standard InChI is InChI=1S/C20H28N6O6/c1-3-31-16(27)10-25(9-14-5-4-13(2)22-8-14)19-17(26(28)29)18(21)23-20(24-19)32-12-15-6-7-30-11-15/h4,8,14-15H,3,5-7,9-12H2,1-2H3,(H2,21,23,24). The summed E-state index contributed by atoms with van der Waals surface area (Å²) in [6.45, 7) is 5.29. The van der Waals surface area contributed by atoms with Gasteiger partial charge in [0.1, 0.15) is 6.54 Å². The number of carbonyl (C=O) groups is 1. The van der Waals surface area contributed by atoms with E-state index in [9.17, 15) is 14.9 Å². The van der Waals surface area contributed by atoms with Crippen LogP contribution in [0.1, 0.15) is 26.7 Å². The normalized spacial score (nSPS) is 20.0. The van der Waals surface area contributed by atoms with E-state index in [2.05, 4.69) is 15.0 Å². The molecule has 3 rings (SSSR count). The molecule has 174 valence electrons. The van der Waals surface area contributed by atoms with Gasteiger partial charge in [0.05, 0.1) is 24.7 Å². The molecule has 12 heteroatoms. The van der Waals surface area contributed by atoms with Crippen LogP contribution in [-0.2, 0) is 14.3 Å². The summed E-state index contributed by atoms with van der Waals surface area (Å²) in [5.41, 5.74) is 6.32. The third-order valence-corrected chi connectivity index (χ3v) is 5.11. The average molecular weight is 448 g/mol. The van der Waals surface area contributed by atoms with Gasteiger partial charge in [-0.25, -0.2) is 0 Å². The van der Waals surface area contributed by atoms with Crippen molar-refractivity contribution in [3.8, 4) is 6.01 Å². The Hall–Kier alpha value is -3.28. The number of nitrogen functional groups attached to an aromatic ring is 1. The second-order valence-electron chi connectivity index (χ2n) is 7.67. The van der Waals surface area contributed by atoms with Crippen LogP contribution in [0.5, 0.6) is 6.01 Å². The number of aromatic nitrogens is 2. The number of rotatable bonds is 10. The molecule has 1 aromatic heterocycles. The molecule has 1 aromatic rings. The quantitative estimate of drug-likeness (QED) is 0.318. The largest absolute Gasteiger partial charge is 0.465 e. The maximum Gasteiger partial charge on any atom is 0.353 e. The highest BCUT2D eigenvalue weighted by Crippen LogP contribution is 2.33. The Morgan fingerprint density at radius 1 is 1.44 bits per heavy atom. The second-order valence-corrected chi connectivity index (χ2v) is 7.67. The number of hydrogen-bond acceptors (Lipinski definition) is 11. The molecule has 12 nitrogen and oxygen atoms in total. The topological polar surface area (TPSA) is 155 Å². The SMILES string of the molecule is CCOC(=O)CN(CC1C=NC(C)=CC1)c1nc(OCC2CCOC2)nc(N)c1[N+](=O)[O-]. The van der Waals surface area contributed by atoms with Crippen molar-refractivity contribution in [2.45, 2.75) is 26.7 Å². The van der Waals surface area contributed by atoms with Crippen molar-refractivity contribution in [1.82, 2.24) is 9.97 Å². The molecule has 1 saturated heterocycles. The van der Waals surface area contributed by atoms with E-state index < -0.39 is 16.6 Å². The molecule has 0 spiro atoms. The first-order valence-electron chi connectivity index (χ1n) is 10.5. The minimum Gasteiger partial charge on any atom is -0.465 e. The third-order valence-electron chi connectivity index (χ3n) is 5.11. The van der Waals surface area contributed by atoms with Crippen LogP contribution < -0.4 is 15.4 Å². The van der Waals surface area contributed by atoms with E-state index in [-0.39, 0.29) is 49.2 Å². The summed E-state index contributed by atoms with van der Waals surface area (Å²) in [5, 5.41) is 11.8. The lowest BCUT2D eigenvalue weighted by molar-refractivity contribution is -0.383. The zero-order valence-corrected chi connectivity index (χ0v) is 18.2. The van der Waals surface area contributed by atoms with Gasteiger partial charge in [-0.3, -0.25) is 19.9 Å². The van der Waals surface area contributed by atoms with E-state index in [1.54, 1.807) is 13.1 Å². The fourth-order valence-corrected chi connectivity index (χ4v) is 3.46. The summed E-state index contributed by atoms with van der Waals surface area (Å²) < 4.78 is 16.1. The van der Waals surface area contributed by atoms with Gasteiger partial charge in [0.15, 0.2) is 0 Å². The summed E-state index contributed by atoms with van der Waals surface area (Å²) in [4.78, 5) is 37.4. The third kappa shape index (κ3) is 6.13. The molecule has 0 bridgehead atoms. The predicted molar refractivity (Wildman–Crippen MR) is 117 cm³/mol. The second kappa shape index (κ2) is 10.8. The van der Waals surface area contributed by atoms with E-state index in [4.69, 9.17) is 19.9 Å². The van der Waals surface area contributed by atoms with Crippen molar-refractivity contribution < 1.29 is 23.9 Å². The van der Waals surface area contributed by atoms with Crippen LogP contribution in [0.15, 0.2) is 16.8 Å². The zero-order valence-electron chi connectivity index (χ0n) is 18.2. The Morgan fingerprint density at radius 3 is 2.88 bits per heavy atom. The molecule has 2 unspecified atom stereocenters. The monoisotopic (exact) mass is 448 g/mol. The molecule has 0 aliphatic carbocycles. The highest BCUT2D eigenvalue weighted by molar-refractivity contribution is 5.79.